The van der Waals surface area contributed by atoms with E-state index in [1.807, 2.05) is 13.0 Å². The first-order chi connectivity index (χ1) is 17.0. The van der Waals surface area contributed by atoms with Gasteiger partial charge >= 0.3 is 0 Å². The molecule has 0 bridgehead atoms. The molecule has 5 saturated carbocycles. The Morgan fingerprint density at radius 3 is 2.77 bits per heavy atom. The largest absolute Gasteiger partial charge is 0.387 e. The average Bonchev–Trinajstić information content (AvgIpc) is 3.13. The second-order valence-electron chi connectivity index (χ2n) is 12.5. The molecule has 188 valence electrons. The minimum Gasteiger partial charge on any atom is -0.387 e. The zero-order valence-electron chi connectivity index (χ0n) is 21.0. The Morgan fingerprint density at radius 1 is 1.11 bits per heavy atom. The molecule has 2 aromatic rings. The van der Waals surface area contributed by atoms with Crippen molar-refractivity contribution in [2.45, 2.75) is 83.5 Å². The van der Waals surface area contributed by atoms with Crippen molar-refractivity contribution in [3.63, 3.8) is 0 Å². The van der Waals surface area contributed by atoms with Gasteiger partial charge < -0.3 is 9.84 Å². The van der Waals surface area contributed by atoms with E-state index in [4.69, 9.17) is 4.74 Å². The number of aliphatic hydroxyl groups is 1. The van der Waals surface area contributed by atoms with Gasteiger partial charge in [-0.2, -0.15) is 0 Å². The lowest BCUT2D eigenvalue weighted by Gasteiger charge is -2.55. The molecule has 0 amide bonds. The predicted octanol–water partition coefficient (Wildman–Crippen LogP) is 4.04. The third-order valence-electron chi connectivity index (χ3n) is 11.4. The fraction of sp³-hybridized carbons (Fsp3) is 0.786. The van der Waals surface area contributed by atoms with Crippen LogP contribution in [0.4, 0.5) is 0 Å². The number of Topliss-reactive ketones (excluding diaryl/α,β-unsaturated/α-hetero) is 1. The first kappa shape index (κ1) is 22.3. The Labute approximate surface area is 207 Å². The molecular weight excluding hydrogens is 440 g/mol. The molecule has 0 aliphatic heterocycles. The summed E-state index contributed by atoms with van der Waals surface area (Å²) >= 11 is 0. The molecule has 10 atom stereocenters. The Bertz CT molecular complexity index is 1150. The SMILES string of the molecule is CCOC1C2[C@@H]3CC[C@@H]4[C@H](CC[C@]5(C)[C@@H](C(=O)Cn6nnc7cnccc76)CC[C@@H]45)[C@H]3CC[C@]12O. The van der Waals surface area contributed by atoms with E-state index >= 15 is 0 Å². The lowest BCUT2D eigenvalue weighted by Crippen LogP contribution is -2.50. The fourth-order valence-corrected chi connectivity index (χ4v) is 9.93. The molecule has 2 heterocycles. The van der Waals surface area contributed by atoms with Crippen molar-refractivity contribution < 1.29 is 14.6 Å². The number of ether oxygens (including phenoxy) is 1. The predicted molar refractivity (Wildman–Crippen MR) is 130 cm³/mol. The quantitative estimate of drug-likeness (QED) is 0.698. The number of aromatic nitrogens is 4. The highest BCUT2D eigenvalue weighted by atomic mass is 16.5. The molecule has 7 nitrogen and oxygen atoms in total. The zero-order chi connectivity index (χ0) is 23.9. The number of carbonyl (C=O) groups is 1. The maximum atomic E-state index is 13.6. The smallest absolute Gasteiger partial charge is 0.157 e. The molecule has 5 fully saturated rings. The van der Waals surface area contributed by atoms with Gasteiger partial charge in [0.05, 0.1) is 23.4 Å². The minimum absolute atomic E-state index is 0.0741. The van der Waals surface area contributed by atoms with Crippen LogP contribution in [0.25, 0.3) is 11.0 Å². The van der Waals surface area contributed by atoms with Crippen LogP contribution in [0, 0.1) is 46.8 Å². The molecule has 7 rings (SSSR count). The van der Waals surface area contributed by atoms with E-state index in [9.17, 15) is 9.90 Å². The molecule has 7 heteroatoms. The van der Waals surface area contributed by atoms with E-state index in [2.05, 4.69) is 22.2 Å². The third kappa shape index (κ3) is 3.09. The number of rotatable bonds is 5. The molecule has 2 aromatic heterocycles. The van der Waals surface area contributed by atoms with Gasteiger partial charge in [-0.05, 0) is 99.4 Å². The molecule has 5 aliphatic rings. The summed E-state index contributed by atoms with van der Waals surface area (Å²) in [5.41, 5.74) is 1.19. The van der Waals surface area contributed by atoms with Crippen LogP contribution in [0.1, 0.15) is 65.2 Å². The number of ketones is 1. The van der Waals surface area contributed by atoms with Crippen LogP contribution >= 0.6 is 0 Å². The summed E-state index contributed by atoms with van der Waals surface area (Å²) in [6.07, 6.45) is 12.7. The fourth-order valence-electron chi connectivity index (χ4n) is 9.93. The van der Waals surface area contributed by atoms with Crippen molar-refractivity contribution in [1.82, 2.24) is 20.0 Å². The molecule has 0 saturated heterocycles. The van der Waals surface area contributed by atoms with Crippen molar-refractivity contribution in [3.05, 3.63) is 18.5 Å². The van der Waals surface area contributed by atoms with Crippen molar-refractivity contribution >= 4 is 16.8 Å². The lowest BCUT2D eigenvalue weighted by molar-refractivity contribution is -0.131. The summed E-state index contributed by atoms with van der Waals surface area (Å²) in [6, 6.07) is 1.90. The van der Waals surface area contributed by atoms with Gasteiger partial charge in [-0.25, -0.2) is 4.68 Å². The number of hydrogen-bond donors (Lipinski definition) is 1. The van der Waals surface area contributed by atoms with Gasteiger partial charge in [0, 0.05) is 24.6 Å². The van der Waals surface area contributed by atoms with Crippen LogP contribution in [0.5, 0.6) is 0 Å². The van der Waals surface area contributed by atoms with Gasteiger partial charge in [-0.1, -0.05) is 12.1 Å². The molecule has 2 unspecified atom stereocenters. The zero-order valence-corrected chi connectivity index (χ0v) is 21.0. The van der Waals surface area contributed by atoms with Crippen LogP contribution in [0.2, 0.25) is 0 Å². The topological polar surface area (TPSA) is 90.1 Å². The van der Waals surface area contributed by atoms with Crippen LogP contribution in [-0.2, 0) is 16.1 Å². The summed E-state index contributed by atoms with van der Waals surface area (Å²) in [5, 5.41) is 19.6. The van der Waals surface area contributed by atoms with Gasteiger partial charge in [0.2, 0.25) is 0 Å². The number of hydrogen-bond acceptors (Lipinski definition) is 6. The maximum absolute atomic E-state index is 13.6. The molecule has 35 heavy (non-hydrogen) atoms. The van der Waals surface area contributed by atoms with Gasteiger partial charge in [-0.15, -0.1) is 5.10 Å². The molecule has 0 radical (unpaired) electrons. The Hall–Kier alpha value is -1.86. The van der Waals surface area contributed by atoms with Gasteiger partial charge in [0.25, 0.3) is 0 Å². The van der Waals surface area contributed by atoms with Crippen LogP contribution < -0.4 is 0 Å². The third-order valence-corrected chi connectivity index (χ3v) is 11.4. The number of pyridine rings is 1. The van der Waals surface area contributed by atoms with Crippen LogP contribution in [0.3, 0.4) is 0 Å². The van der Waals surface area contributed by atoms with E-state index in [1.165, 1.54) is 25.7 Å². The van der Waals surface area contributed by atoms with Gasteiger partial charge in [0.1, 0.15) is 12.1 Å². The van der Waals surface area contributed by atoms with Crippen molar-refractivity contribution in [3.8, 4) is 0 Å². The van der Waals surface area contributed by atoms with Crippen molar-refractivity contribution in [2.24, 2.45) is 46.8 Å². The highest BCUT2D eigenvalue weighted by molar-refractivity contribution is 5.84. The van der Waals surface area contributed by atoms with Crippen molar-refractivity contribution in [2.75, 3.05) is 6.61 Å². The second kappa shape index (κ2) is 7.82. The Balaban J connectivity index is 1.08. The lowest BCUT2D eigenvalue weighted by atomic mass is 9.49. The molecular formula is C28H38N4O3. The molecule has 5 aliphatic carbocycles. The first-order valence-electron chi connectivity index (χ1n) is 14.0. The van der Waals surface area contributed by atoms with E-state index in [1.54, 1.807) is 17.1 Å². The van der Waals surface area contributed by atoms with Gasteiger partial charge in [0.15, 0.2) is 5.78 Å². The van der Waals surface area contributed by atoms with E-state index in [-0.39, 0.29) is 17.4 Å². The second-order valence-corrected chi connectivity index (χ2v) is 12.5. The summed E-state index contributed by atoms with van der Waals surface area (Å²) in [5.74, 6) is 4.32. The summed E-state index contributed by atoms with van der Waals surface area (Å²) in [4.78, 5) is 17.8. The standard InChI is InChI=1S/C28H38N4O3/c1-3-35-26-25-19-5-4-18-16(17(19)9-12-28(25,26)34)8-11-27(2)20(18)6-7-21(27)24(33)15-32-23-10-13-29-14-22(23)30-31-32/h10,13-14,16-21,25-26,34H,3-9,11-12,15H2,1-2H3/t16-,17-,18-,19-,20+,21-,25?,26?,27+,28-/m1/s1. The first-order valence-corrected chi connectivity index (χ1v) is 14.0. The van der Waals surface area contributed by atoms with Gasteiger partial charge in [-0.3, -0.25) is 9.78 Å². The summed E-state index contributed by atoms with van der Waals surface area (Å²) < 4.78 is 7.75. The molecule has 1 N–H and O–H groups in total. The Kier molecular flexibility index (Phi) is 4.99. The highest BCUT2D eigenvalue weighted by Gasteiger charge is 2.72. The van der Waals surface area contributed by atoms with E-state index < -0.39 is 5.60 Å². The van der Waals surface area contributed by atoms with Crippen molar-refractivity contribution in [1.29, 1.82) is 0 Å². The van der Waals surface area contributed by atoms with E-state index in [0.29, 0.717) is 36.7 Å². The average molecular weight is 479 g/mol. The van der Waals surface area contributed by atoms with Crippen LogP contribution in [0.15, 0.2) is 18.5 Å². The minimum atomic E-state index is -0.542. The normalized spacial score (nSPS) is 45.9. The number of carbonyl (C=O) groups excluding carboxylic acids is 1. The monoisotopic (exact) mass is 478 g/mol. The van der Waals surface area contributed by atoms with E-state index in [0.717, 1.165) is 54.5 Å². The molecule has 0 spiro atoms. The Morgan fingerprint density at radius 2 is 1.91 bits per heavy atom. The highest BCUT2D eigenvalue weighted by Crippen LogP contribution is 2.69. The molecule has 0 aromatic carbocycles. The van der Waals surface area contributed by atoms with Crippen LogP contribution in [-0.4, -0.2) is 49.2 Å². The summed E-state index contributed by atoms with van der Waals surface area (Å²) in [7, 11) is 0. The maximum Gasteiger partial charge on any atom is 0.157 e. The number of nitrogens with zero attached hydrogens (tertiary/aromatic N) is 4. The summed E-state index contributed by atoms with van der Waals surface area (Å²) in [6.45, 7) is 5.48. The number of fused-ring (bicyclic) bond motifs is 8.